The predicted molar refractivity (Wildman–Crippen MR) is 78.7 cm³/mol. The second-order valence-corrected chi connectivity index (χ2v) is 6.61. The van der Waals surface area contributed by atoms with Crippen molar-refractivity contribution in [2.24, 2.45) is 0 Å². The smallest absolute Gasteiger partial charge is 0.0412 e. The van der Waals surface area contributed by atoms with E-state index < -0.39 is 0 Å². The fraction of sp³-hybridized carbons (Fsp3) is 0.571. The van der Waals surface area contributed by atoms with Gasteiger partial charge in [0, 0.05) is 28.0 Å². The maximum atomic E-state index is 5.30. The lowest BCUT2D eigenvalue weighted by molar-refractivity contribution is 0.540. The molecule has 0 fully saturated rings. The number of hydrogen-bond donors (Lipinski definition) is 1. The lowest BCUT2D eigenvalue weighted by Crippen LogP contribution is -2.14. The molecule has 3 heteroatoms. The standard InChI is InChI=1S/C14H19NS2/c1-3-4-5-6-12(15-2)14-9-11-10-16-8-7-13(11)17-14/h1,9,12,15H,4-8,10H2,2H3. The molecule has 0 saturated carbocycles. The quantitative estimate of drug-likeness (QED) is 0.645. The number of terminal acetylenes is 1. The Hall–Kier alpha value is -0.430. The summed E-state index contributed by atoms with van der Waals surface area (Å²) in [5.74, 6) is 5.21. The van der Waals surface area contributed by atoms with Gasteiger partial charge in [-0.3, -0.25) is 0 Å². The number of hydrogen-bond acceptors (Lipinski definition) is 3. The summed E-state index contributed by atoms with van der Waals surface area (Å²) < 4.78 is 0. The number of aryl methyl sites for hydroxylation is 1. The van der Waals surface area contributed by atoms with Crippen molar-refractivity contribution in [3.63, 3.8) is 0 Å². The van der Waals surface area contributed by atoms with Crippen LogP contribution < -0.4 is 5.32 Å². The molecule has 0 aliphatic carbocycles. The third-order valence-electron chi connectivity index (χ3n) is 3.15. The van der Waals surface area contributed by atoms with Crippen molar-refractivity contribution in [1.29, 1.82) is 0 Å². The van der Waals surface area contributed by atoms with E-state index in [0.717, 1.165) is 19.3 Å². The zero-order valence-corrected chi connectivity index (χ0v) is 11.9. The summed E-state index contributed by atoms with van der Waals surface area (Å²) in [6, 6.07) is 2.90. The minimum atomic E-state index is 0.490. The van der Waals surface area contributed by atoms with E-state index >= 15 is 0 Å². The van der Waals surface area contributed by atoms with Gasteiger partial charge in [-0.05, 0) is 43.7 Å². The van der Waals surface area contributed by atoms with E-state index in [1.54, 1.807) is 10.4 Å². The molecular weight excluding hydrogens is 246 g/mol. The summed E-state index contributed by atoms with van der Waals surface area (Å²) in [4.78, 5) is 3.10. The van der Waals surface area contributed by atoms with Crippen LogP contribution in [-0.4, -0.2) is 12.8 Å². The average molecular weight is 265 g/mol. The highest BCUT2D eigenvalue weighted by Gasteiger charge is 2.17. The maximum absolute atomic E-state index is 5.30. The Kier molecular flexibility index (Phi) is 4.97. The summed E-state index contributed by atoms with van der Waals surface area (Å²) in [7, 11) is 2.05. The Morgan fingerprint density at radius 3 is 3.18 bits per heavy atom. The minimum Gasteiger partial charge on any atom is -0.312 e. The first kappa shape index (κ1) is 13.0. The van der Waals surface area contributed by atoms with E-state index in [-0.39, 0.29) is 0 Å². The first-order chi connectivity index (χ1) is 8.35. The van der Waals surface area contributed by atoms with Gasteiger partial charge in [0.05, 0.1) is 0 Å². The molecule has 0 spiro atoms. The normalized spacial score (nSPS) is 16.2. The SMILES string of the molecule is C#CCCCC(NC)c1cc2c(s1)CCSC2. The molecule has 1 nitrogen and oxygen atoms in total. The second kappa shape index (κ2) is 6.49. The van der Waals surface area contributed by atoms with Gasteiger partial charge in [-0.15, -0.1) is 23.7 Å². The topological polar surface area (TPSA) is 12.0 Å². The Morgan fingerprint density at radius 1 is 1.59 bits per heavy atom. The molecule has 0 aromatic carbocycles. The summed E-state index contributed by atoms with van der Waals surface area (Å²) in [6.45, 7) is 0. The third-order valence-corrected chi connectivity index (χ3v) is 5.51. The molecule has 0 amide bonds. The third kappa shape index (κ3) is 3.28. The van der Waals surface area contributed by atoms with Crippen LogP contribution >= 0.6 is 23.1 Å². The number of thioether (sulfide) groups is 1. The first-order valence-electron chi connectivity index (χ1n) is 6.15. The summed E-state index contributed by atoms with van der Waals surface area (Å²) in [5.41, 5.74) is 1.57. The van der Waals surface area contributed by atoms with Crippen molar-refractivity contribution in [1.82, 2.24) is 5.32 Å². The predicted octanol–water partition coefficient (Wildman–Crippen LogP) is 3.60. The molecular formula is C14H19NS2. The van der Waals surface area contributed by atoms with Crippen molar-refractivity contribution in [3.05, 3.63) is 21.4 Å². The Morgan fingerprint density at radius 2 is 2.47 bits per heavy atom. The van der Waals surface area contributed by atoms with Gasteiger partial charge in [-0.1, -0.05) is 0 Å². The molecule has 1 atom stereocenters. The van der Waals surface area contributed by atoms with E-state index in [9.17, 15) is 0 Å². The zero-order chi connectivity index (χ0) is 12.1. The first-order valence-corrected chi connectivity index (χ1v) is 8.12. The number of thiophene rings is 1. The summed E-state index contributed by atoms with van der Waals surface area (Å²) >= 11 is 4.05. The summed E-state index contributed by atoms with van der Waals surface area (Å²) in [5, 5.41) is 3.42. The molecule has 1 aromatic heterocycles. The van der Waals surface area contributed by atoms with Crippen LogP contribution in [0.5, 0.6) is 0 Å². The van der Waals surface area contributed by atoms with Crippen molar-refractivity contribution >= 4 is 23.1 Å². The van der Waals surface area contributed by atoms with E-state index in [2.05, 4.69) is 29.1 Å². The number of unbranched alkanes of at least 4 members (excludes halogenated alkanes) is 1. The zero-order valence-electron chi connectivity index (χ0n) is 10.3. The van der Waals surface area contributed by atoms with Gasteiger partial charge < -0.3 is 5.32 Å². The van der Waals surface area contributed by atoms with Crippen LogP contribution in [0.2, 0.25) is 0 Å². The molecule has 1 aliphatic heterocycles. The van der Waals surface area contributed by atoms with Crippen LogP contribution in [0.1, 0.15) is 40.6 Å². The van der Waals surface area contributed by atoms with E-state index in [1.807, 2.05) is 18.4 Å². The number of rotatable bonds is 5. The highest BCUT2D eigenvalue weighted by atomic mass is 32.2. The largest absolute Gasteiger partial charge is 0.312 e. The van der Waals surface area contributed by atoms with Crippen LogP contribution in [0, 0.1) is 12.3 Å². The number of fused-ring (bicyclic) bond motifs is 1. The van der Waals surface area contributed by atoms with E-state index in [0.29, 0.717) is 6.04 Å². The van der Waals surface area contributed by atoms with Crippen LogP contribution in [-0.2, 0) is 12.2 Å². The van der Waals surface area contributed by atoms with Gasteiger partial charge in [-0.25, -0.2) is 0 Å². The Labute approximate surface area is 112 Å². The van der Waals surface area contributed by atoms with E-state index in [4.69, 9.17) is 6.42 Å². The van der Waals surface area contributed by atoms with Crippen LogP contribution in [0.3, 0.4) is 0 Å². The Balaban J connectivity index is 2.03. The molecule has 1 unspecified atom stereocenters. The lowest BCUT2D eigenvalue weighted by atomic mass is 10.1. The van der Waals surface area contributed by atoms with E-state index in [1.165, 1.54) is 22.8 Å². The molecule has 2 rings (SSSR count). The summed E-state index contributed by atoms with van der Waals surface area (Å²) in [6.07, 6.45) is 9.70. The monoisotopic (exact) mass is 265 g/mol. The van der Waals surface area contributed by atoms with Crippen molar-refractivity contribution in [3.8, 4) is 12.3 Å². The van der Waals surface area contributed by atoms with Gasteiger partial charge in [0.1, 0.15) is 0 Å². The van der Waals surface area contributed by atoms with Crippen LogP contribution in [0.25, 0.3) is 0 Å². The van der Waals surface area contributed by atoms with Gasteiger partial charge in [-0.2, -0.15) is 11.8 Å². The van der Waals surface area contributed by atoms with Crippen LogP contribution in [0.15, 0.2) is 6.07 Å². The molecule has 92 valence electrons. The molecule has 17 heavy (non-hydrogen) atoms. The molecule has 0 radical (unpaired) electrons. The van der Waals surface area contributed by atoms with Gasteiger partial charge >= 0.3 is 0 Å². The molecule has 1 aromatic rings. The van der Waals surface area contributed by atoms with Crippen LogP contribution in [0.4, 0.5) is 0 Å². The highest BCUT2D eigenvalue weighted by molar-refractivity contribution is 7.98. The second-order valence-electron chi connectivity index (χ2n) is 4.34. The number of nitrogens with one attached hydrogen (secondary N) is 1. The molecule has 2 heterocycles. The Bertz CT molecular complexity index is 379. The van der Waals surface area contributed by atoms with Gasteiger partial charge in [0.25, 0.3) is 0 Å². The lowest BCUT2D eigenvalue weighted by Gasteiger charge is -2.13. The fourth-order valence-corrected chi connectivity index (χ4v) is 4.70. The van der Waals surface area contributed by atoms with Gasteiger partial charge in [0.2, 0.25) is 0 Å². The van der Waals surface area contributed by atoms with Gasteiger partial charge in [0.15, 0.2) is 0 Å². The van der Waals surface area contributed by atoms with Crippen molar-refractivity contribution < 1.29 is 0 Å². The van der Waals surface area contributed by atoms with Crippen molar-refractivity contribution in [2.75, 3.05) is 12.8 Å². The van der Waals surface area contributed by atoms with Crippen molar-refractivity contribution in [2.45, 2.75) is 37.5 Å². The molecule has 1 N–H and O–H groups in total. The molecule has 0 saturated heterocycles. The highest BCUT2D eigenvalue weighted by Crippen LogP contribution is 2.35. The molecule has 1 aliphatic rings. The average Bonchev–Trinajstić information content (AvgIpc) is 2.78. The minimum absolute atomic E-state index is 0.490. The fourth-order valence-electron chi connectivity index (χ4n) is 2.18. The molecule has 0 bridgehead atoms. The maximum Gasteiger partial charge on any atom is 0.0412 e.